The lowest BCUT2D eigenvalue weighted by atomic mass is 9.84. The number of hydrogen-bond acceptors (Lipinski definition) is 2. The molecule has 8 aromatic rings. The van der Waals surface area contributed by atoms with Crippen molar-refractivity contribution < 1.29 is 0 Å². The minimum atomic E-state index is 0.880. The quantitative estimate of drug-likeness (QED) is 0.0852. The monoisotopic (exact) mass is 598 g/mol. The molecule has 47 heavy (non-hydrogen) atoms. The summed E-state index contributed by atoms with van der Waals surface area (Å²) in [6.07, 6.45) is 15.3. The van der Waals surface area contributed by atoms with Crippen molar-refractivity contribution in [3.05, 3.63) is 164 Å². The second-order valence-electron chi connectivity index (χ2n) is 11.6. The number of benzene rings is 7. The first kappa shape index (κ1) is 28.2. The van der Waals surface area contributed by atoms with E-state index in [4.69, 9.17) is 11.4 Å². The van der Waals surface area contributed by atoms with Crippen molar-refractivity contribution in [3.63, 3.8) is 0 Å². The van der Waals surface area contributed by atoms with Gasteiger partial charge in [-0.05, 0) is 84.3 Å². The van der Waals surface area contributed by atoms with Crippen LogP contribution in [-0.2, 0) is 0 Å². The predicted octanol–water partition coefficient (Wildman–Crippen LogP) is 11.7. The molecule has 0 atom stereocenters. The molecule has 1 aromatic heterocycles. The second kappa shape index (κ2) is 11.9. The van der Waals surface area contributed by atoms with Crippen LogP contribution in [0.3, 0.4) is 0 Å². The van der Waals surface area contributed by atoms with Gasteiger partial charge in [0.15, 0.2) is 0 Å². The van der Waals surface area contributed by atoms with E-state index in [0.717, 1.165) is 43.9 Å². The molecule has 0 bridgehead atoms. The molecule has 0 aliphatic rings. The van der Waals surface area contributed by atoms with Gasteiger partial charge >= 0.3 is 0 Å². The van der Waals surface area contributed by atoms with Crippen molar-refractivity contribution in [1.82, 2.24) is 9.97 Å². The third kappa shape index (κ3) is 4.69. The van der Waals surface area contributed by atoms with Gasteiger partial charge < -0.3 is 0 Å². The summed E-state index contributed by atoms with van der Waals surface area (Å²) in [5, 5.41) is 8.21. The molecule has 0 unspecified atom stereocenters. The average molecular weight is 599 g/mol. The van der Waals surface area contributed by atoms with E-state index in [1.165, 1.54) is 43.8 Å². The molecule has 0 aliphatic carbocycles. The molecule has 2 nitrogen and oxygen atoms in total. The largest absolute Gasteiger partial charge is 0.244 e. The molecule has 0 saturated carbocycles. The lowest BCUT2D eigenvalue weighted by Gasteiger charge is -2.19. The molecule has 0 fully saturated rings. The van der Waals surface area contributed by atoms with Gasteiger partial charge in [0.1, 0.15) is 6.33 Å². The van der Waals surface area contributed by atoms with Crippen LogP contribution in [0.1, 0.15) is 12.5 Å². The Morgan fingerprint density at radius 1 is 0.553 bits per heavy atom. The third-order valence-corrected chi connectivity index (χ3v) is 9.02. The van der Waals surface area contributed by atoms with Gasteiger partial charge in [-0.1, -0.05) is 145 Å². The van der Waals surface area contributed by atoms with Gasteiger partial charge in [0.25, 0.3) is 0 Å². The van der Waals surface area contributed by atoms with Crippen LogP contribution in [0.15, 0.2) is 158 Å². The highest BCUT2D eigenvalue weighted by Gasteiger charge is 2.20. The number of allylic oxidation sites excluding steroid dienone is 4. The van der Waals surface area contributed by atoms with E-state index in [1.807, 2.05) is 25.3 Å². The first-order valence-corrected chi connectivity index (χ1v) is 15.8. The summed E-state index contributed by atoms with van der Waals surface area (Å²) in [4.78, 5) is 9.20. The zero-order chi connectivity index (χ0) is 31.7. The minimum Gasteiger partial charge on any atom is -0.244 e. The normalized spacial score (nSPS) is 12.0. The van der Waals surface area contributed by atoms with Crippen LogP contribution in [0, 0.1) is 12.3 Å². The van der Waals surface area contributed by atoms with Gasteiger partial charge in [-0.2, -0.15) is 0 Å². The lowest BCUT2D eigenvalue weighted by molar-refractivity contribution is 1.22. The fourth-order valence-electron chi connectivity index (χ4n) is 7.13. The van der Waals surface area contributed by atoms with Crippen LogP contribution >= 0.6 is 0 Å². The number of terminal acetylenes is 1. The summed E-state index contributed by atoms with van der Waals surface area (Å²) in [6, 6.07) is 45.7. The van der Waals surface area contributed by atoms with Crippen LogP contribution in [0.2, 0.25) is 0 Å². The van der Waals surface area contributed by atoms with E-state index >= 15 is 0 Å². The van der Waals surface area contributed by atoms with Crippen molar-refractivity contribution in [1.29, 1.82) is 0 Å². The second-order valence-corrected chi connectivity index (χ2v) is 11.6. The average Bonchev–Trinajstić information content (AvgIpc) is 3.13. The van der Waals surface area contributed by atoms with E-state index in [2.05, 4.69) is 144 Å². The van der Waals surface area contributed by atoms with Crippen molar-refractivity contribution in [2.45, 2.75) is 6.92 Å². The van der Waals surface area contributed by atoms with E-state index in [1.54, 1.807) is 6.33 Å². The van der Waals surface area contributed by atoms with Gasteiger partial charge in [0, 0.05) is 17.1 Å². The molecule has 7 aromatic carbocycles. The lowest BCUT2D eigenvalue weighted by Crippen LogP contribution is -1.97. The molecule has 0 saturated heterocycles. The Morgan fingerprint density at radius 2 is 1.02 bits per heavy atom. The summed E-state index contributed by atoms with van der Waals surface area (Å²) in [5.41, 5.74) is 9.93. The van der Waals surface area contributed by atoms with Crippen LogP contribution in [0.4, 0.5) is 0 Å². The van der Waals surface area contributed by atoms with Crippen molar-refractivity contribution >= 4 is 48.8 Å². The Balaban J connectivity index is 1.41. The Morgan fingerprint density at radius 3 is 1.55 bits per heavy atom. The highest BCUT2D eigenvalue weighted by Crippen LogP contribution is 2.45. The number of nitrogens with zero attached hydrogens (tertiary/aromatic N) is 2. The van der Waals surface area contributed by atoms with Crippen molar-refractivity contribution in [2.75, 3.05) is 0 Å². The molecule has 0 aliphatic heterocycles. The van der Waals surface area contributed by atoms with Gasteiger partial charge in [-0.25, -0.2) is 9.97 Å². The summed E-state index contributed by atoms with van der Waals surface area (Å²) in [6.45, 7) is 2.01. The maximum Gasteiger partial charge on any atom is 0.116 e. The summed E-state index contributed by atoms with van der Waals surface area (Å²) in [7, 11) is 0. The molecular weight excluding hydrogens is 569 g/mol. The Labute approximate surface area is 274 Å². The Hall–Kier alpha value is -6.30. The van der Waals surface area contributed by atoms with Crippen molar-refractivity contribution in [3.8, 4) is 45.7 Å². The van der Waals surface area contributed by atoms with E-state index in [0.29, 0.717) is 0 Å². The van der Waals surface area contributed by atoms with Gasteiger partial charge in [-0.3, -0.25) is 0 Å². The highest BCUT2D eigenvalue weighted by molar-refractivity contribution is 6.22. The summed E-state index contributed by atoms with van der Waals surface area (Å²) >= 11 is 0. The minimum absolute atomic E-state index is 0.880. The standard InChI is InChI=1S/C45H30N2/c1-3-14-30(15-4-2)44-43(35-19-9-8-18-34(35)40-28-46-29-47-45(40)44)33-26-24-32(25-27-33)42-38-22-12-10-20-36(38)41(31-16-6-5-7-17-31)37-21-11-13-23-39(37)42/h1,4-29H,2H3/b15-4-,30-14+. The number of rotatable bonds is 5. The third-order valence-electron chi connectivity index (χ3n) is 9.02. The maximum absolute atomic E-state index is 5.87. The number of aromatic nitrogens is 2. The van der Waals surface area contributed by atoms with Crippen LogP contribution < -0.4 is 0 Å². The SMILES string of the molecule is C#C/C=C(\C=C/C)c1c(-c2ccc(-c3c4ccccc4c(-c4ccccc4)c4ccccc34)cc2)c2ccccc2c2cncnc12. The van der Waals surface area contributed by atoms with Crippen LogP contribution in [0.5, 0.6) is 0 Å². The van der Waals surface area contributed by atoms with Crippen molar-refractivity contribution in [2.24, 2.45) is 0 Å². The van der Waals surface area contributed by atoms with Crippen LogP contribution in [0.25, 0.3) is 82.2 Å². The zero-order valence-electron chi connectivity index (χ0n) is 26.0. The molecule has 0 radical (unpaired) electrons. The van der Waals surface area contributed by atoms with E-state index in [9.17, 15) is 0 Å². The molecule has 1 heterocycles. The van der Waals surface area contributed by atoms with Gasteiger partial charge in [0.05, 0.1) is 5.52 Å². The van der Waals surface area contributed by atoms with E-state index < -0.39 is 0 Å². The number of fused-ring (bicyclic) bond motifs is 5. The fraction of sp³-hybridized carbons (Fsp3) is 0.0222. The van der Waals surface area contributed by atoms with Crippen LogP contribution in [-0.4, -0.2) is 9.97 Å². The molecule has 0 spiro atoms. The highest BCUT2D eigenvalue weighted by atomic mass is 14.8. The summed E-state index contributed by atoms with van der Waals surface area (Å²) < 4.78 is 0. The topological polar surface area (TPSA) is 25.8 Å². The molecule has 0 amide bonds. The molecule has 2 heteroatoms. The Bertz CT molecular complexity index is 2510. The van der Waals surface area contributed by atoms with Gasteiger partial charge in [-0.15, -0.1) is 6.42 Å². The molecule has 8 rings (SSSR count). The zero-order valence-corrected chi connectivity index (χ0v) is 26.0. The summed E-state index contributed by atoms with van der Waals surface area (Å²) in [5.74, 6) is 2.77. The first-order chi connectivity index (χ1) is 23.3. The molecule has 220 valence electrons. The fourth-order valence-corrected chi connectivity index (χ4v) is 7.13. The van der Waals surface area contributed by atoms with Gasteiger partial charge in [0.2, 0.25) is 0 Å². The molecular formula is C45H30N2. The Kier molecular flexibility index (Phi) is 7.14. The maximum atomic E-state index is 5.87. The number of hydrogen-bond donors (Lipinski definition) is 0. The first-order valence-electron chi connectivity index (χ1n) is 15.8. The van der Waals surface area contributed by atoms with E-state index in [-0.39, 0.29) is 0 Å². The smallest absolute Gasteiger partial charge is 0.116 e. The molecule has 0 N–H and O–H groups in total. The predicted molar refractivity (Wildman–Crippen MR) is 200 cm³/mol.